The van der Waals surface area contributed by atoms with Crippen LogP contribution >= 0.6 is 0 Å². The van der Waals surface area contributed by atoms with Gasteiger partial charge in [0.05, 0.1) is 18.6 Å². The largest absolute Gasteiger partial charge is 0.331 e. The summed E-state index contributed by atoms with van der Waals surface area (Å²) in [6.07, 6.45) is -1.33. The molecule has 3 atom stereocenters. The molecule has 1 aliphatic heterocycles. The number of nitrogens with zero attached hydrogens (tertiary/aromatic N) is 2. The summed E-state index contributed by atoms with van der Waals surface area (Å²) < 4.78 is 43.7. The monoisotopic (exact) mass is 391 g/mol. The summed E-state index contributed by atoms with van der Waals surface area (Å²) in [7, 11) is 3.14. The van der Waals surface area contributed by atoms with E-state index in [-0.39, 0.29) is 35.7 Å². The minimum absolute atomic E-state index is 0.0499. The lowest BCUT2D eigenvalue weighted by molar-refractivity contribution is 0.162. The van der Waals surface area contributed by atoms with Gasteiger partial charge in [0.1, 0.15) is 17.8 Å². The number of rotatable bonds is 3. The van der Waals surface area contributed by atoms with Crippen molar-refractivity contribution >= 4 is 6.03 Å². The lowest BCUT2D eigenvalue weighted by atomic mass is 9.95. The van der Waals surface area contributed by atoms with E-state index < -0.39 is 29.9 Å². The highest BCUT2D eigenvalue weighted by Gasteiger charge is 2.43. The van der Waals surface area contributed by atoms with Gasteiger partial charge in [-0.25, -0.2) is 18.0 Å². The molecule has 2 aromatic rings. The van der Waals surface area contributed by atoms with Crippen LogP contribution in [-0.2, 0) is 6.42 Å². The van der Waals surface area contributed by atoms with Gasteiger partial charge in [-0.15, -0.1) is 0 Å². The molecule has 0 aromatic heterocycles. The Hall–Kier alpha value is -2.54. The Morgan fingerprint density at radius 3 is 2.61 bits per heavy atom. The second-order valence-corrected chi connectivity index (χ2v) is 7.46. The Bertz CT molecular complexity index is 887. The molecule has 1 heterocycles. The number of alkyl halides is 1. The summed E-state index contributed by atoms with van der Waals surface area (Å²) in [6.45, 7) is 1.67. The van der Waals surface area contributed by atoms with E-state index in [9.17, 15) is 13.6 Å². The molecule has 0 spiro atoms. The second-order valence-electron chi connectivity index (χ2n) is 7.46. The average molecular weight is 391 g/mol. The molecule has 0 radical (unpaired) electrons. The van der Waals surface area contributed by atoms with Crippen molar-refractivity contribution in [3.63, 3.8) is 0 Å². The number of carbonyl (C=O) groups excluding carboxylic acids is 1. The van der Waals surface area contributed by atoms with Crippen LogP contribution in [0.2, 0.25) is 0 Å². The molecule has 150 valence electrons. The van der Waals surface area contributed by atoms with Gasteiger partial charge >= 0.3 is 6.03 Å². The van der Waals surface area contributed by atoms with Gasteiger partial charge in [-0.1, -0.05) is 29.8 Å². The van der Waals surface area contributed by atoms with Gasteiger partial charge in [0, 0.05) is 25.2 Å². The normalized spacial score (nSPS) is 21.8. The standard InChI is InChI=1S/C21H24F3N3O/c1-12-7-8-16(22)15(9-12)14-6-4-5-13(19(14)24)10-18-20(25)17(23)11-27(18)21(28)26(2)3/h4-9,17-18,20H,10-11,25H2,1-3H3/t17-,18-,20-/m0/s1. The smallest absolute Gasteiger partial charge is 0.319 e. The number of amides is 2. The minimum atomic E-state index is -1.38. The first-order valence-corrected chi connectivity index (χ1v) is 9.12. The molecule has 0 saturated carbocycles. The van der Waals surface area contributed by atoms with Crippen molar-refractivity contribution in [2.45, 2.75) is 31.6 Å². The summed E-state index contributed by atoms with van der Waals surface area (Å²) in [5, 5.41) is 0. The van der Waals surface area contributed by atoms with Crippen LogP contribution in [0.5, 0.6) is 0 Å². The molecule has 0 unspecified atom stereocenters. The summed E-state index contributed by atoms with van der Waals surface area (Å²) in [5.74, 6) is -1.11. The molecule has 2 aromatic carbocycles. The Kier molecular flexibility index (Phi) is 5.65. The molecule has 1 saturated heterocycles. The SMILES string of the molecule is Cc1ccc(F)c(-c2cccc(C[C@H]3[C@@H](N)[C@@H](F)CN3C(=O)N(C)C)c2F)c1. The summed E-state index contributed by atoms with van der Waals surface area (Å²) in [6, 6.07) is 7.22. The van der Waals surface area contributed by atoms with Crippen LogP contribution < -0.4 is 5.73 Å². The average Bonchev–Trinajstić information content (AvgIpc) is 2.93. The van der Waals surface area contributed by atoms with E-state index in [0.717, 1.165) is 5.56 Å². The van der Waals surface area contributed by atoms with Crippen molar-refractivity contribution in [3.05, 3.63) is 59.2 Å². The second kappa shape index (κ2) is 7.83. The Morgan fingerprint density at radius 2 is 1.93 bits per heavy atom. The molecule has 1 aliphatic rings. The first-order valence-electron chi connectivity index (χ1n) is 9.12. The van der Waals surface area contributed by atoms with Crippen molar-refractivity contribution in [1.82, 2.24) is 9.80 Å². The Labute approximate surface area is 162 Å². The summed E-state index contributed by atoms with van der Waals surface area (Å²) >= 11 is 0. The maximum Gasteiger partial charge on any atom is 0.319 e. The van der Waals surface area contributed by atoms with Crippen LogP contribution in [0.25, 0.3) is 11.1 Å². The summed E-state index contributed by atoms with van der Waals surface area (Å²) in [4.78, 5) is 15.1. The molecule has 7 heteroatoms. The number of halogens is 3. The number of hydrogen-bond donors (Lipinski definition) is 1. The number of benzene rings is 2. The number of likely N-dealkylation sites (tertiary alicyclic amines) is 1. The van der Waals surface area contributed by atoms with Gasteiger partial charge in [0.2, 0.25) is 0 Å². The first kappa shape index (κ1) is 20.2. The van der Waals surface area contributed by atoms with E-state index in [1.54, 1.807) is 45.3 Å². The quantitative estimate of drug-likeness (QED) is 0.871. The molecule has 0 aliphatic carbocycles. The van der Waals surface area contributed by atoms with E-state index in [1.165, 1.54) is 21.9 Å². The molecule has 3 rings (SSSR count). The maximum atomic E-state index is 15.2. The highest BCUT2D eigenvalue weighted by atomic mass is 19.1. The van der Waals surface area contributed by atoms with Gasteiger partial charge in [-0.3, -0.25) is 0 Å². The predicted molar refractivity (Wildman–Crippen MR) is 103 cm³/mol. The molecule has 2 amide bonds. The number of carbonyl (C=O) groups is 1. The Balaban J connectivity index is 1.96. The topological polar surface area (TPSA) is 49.6 Å². The zero-order valence-corrected chi connectivity index (χ0v) is 16.1. The third-order valence-electron chi connectivity index (χ3n) is 5.18. The highest BCUT2D eigenvalue weighted by molar-refractivity contribution is 5.75. The van der Waals surface area contributed by atoms with Crippen molar-refractivity contribution in [2.75, 3.05) is 20.6 Å². The fraction of sp³-hybridized carbons (Fsp3) is 0.381. The molecular weight excluding hydrogens is 367 g/mol. The number of hydrogen-bond acceptors (Lipinski definition) is 2. The first-order chi connectivity index (χ1) is 13.2. The van der Waals surface area contributed by atoms with E-state index >= 15 is 4.39 Å². The third kappa shape index (κ3) is 3.71. The zero-order chi connectivity index (χ0) is 20.6. The van der Waals surface area contributed by atoms with Gasteiger partial charge in [0.15, 0.2) is 0 Å². The van der Waals surface area contributed by atoms with Crippen LogP contribution in [0.4, 0.5) is 18.0 Å². The van der Waals surface area contributed by atoms with Crippen molar-refractivity contribution < 1.29 is 18.0 Å². The van der Waals surface area contributed by atoms with Crippen LogP contribution in [0, 0.1) is 18.6 Å². The third-order valence-corrected chi connectivity index (χ3v) is 5.18. The Morgan fingerprint density at radius 1 is 1.21 bits per heavy atom. The number of nitrogens with two attached hydrogens (primary N) is 1. The lowest BCUT2D eigenvalue weighted by Crippen LogP contribution is -2.48. The zero-order valence-electron chi connectivity index (χ0n) is 16.1. The van der Waals surface area contributed by atoms with Gasteiger partial charge < -0.3 is 15.5 Å². The van der Waals surface area contributed by atoms with Crippen molar-refractivity contribution in [1.29, 1.82) is 0 Å². The number of urea groups is 1. The lowest BCUT2D eigenvalue weighted by Gasteiger charge is -2.29. The van der Waals surface area contributed by atoms with Crippen LogP contribution in [0.15, 0.2) is 36.4 Å². The van der Waals surface area contributed by atoms with Crippen LogP contribution in [0.3, 0.4) is 0 Å². The van der Waals surface area contributed by atoms with E-state index in [1.807, 2.05) is 0 Å². The highest BCUT2D eigenvalue weighted by Crippen LogP contribution is 2.31. The van der Waals surface area contributed by atoms with E-state index in [0.29, 0.717) is 0 Å². The minimum Gasteiger partial charge on any atom is -0.331 e. The molecule has 4 nitrogen and oxygen atoms in total. The van der Waals surface area contributed by atoms with Crippen LogP contribution in [-0.4, -0.2) is 54.7 Å². The predicted octanol–water partition coefficient (Wildman–Crippen LogP) is 3.51. The molecule has 28 heavy (non-hydrogen) atoms. The van der Waals surface area contributed by atoms with E-state index in [2.05, 4.69) is 0 Å². The van der Waals surface area contributed by atoms with Crippen molar-refractivity contribution in [3.8, 4) is 11.1 Å². The maximum absolute atomic E-state index is 15.2. The molecule has 2 N–H and O–H groups in total. The van der Waals surface area contributed by atoms with E-state index in [4.69, 9.17) is 5.73 Å². The number of aryl methyl sites for hydroxylation is 1. The molecule has 0 bridgehead atoms. The van der Waals surface area contributed by atoms with Gasteiger partial charge in [-0.2, -0.15) is 0 Å². The molecular formula is C21H24F3N3O. The fourth-order valence-electron chi connectivity index (χ4n) is 3.63. The fourth-order valence-corrected chi connectivity index (χ4v) is 3.63. The summed E-state index contributed by atoms with van der Waals surface area (Å²) in [5.41, 5.74) is 7.35. The van der Waals surface area contributed by atoms with Gasteiger partial charge in [-0.05, 0) is 31.0 Å². The molecule has 1 fully saturated rings. The van der Waals surface area contributed by atoms with Gasteiger partial charge in [0.25, 0.3) is 0 Å². The van der Waals surface area contributed by atoms with Crippen molar-refractivity contribution in [2.24, 2.45) is 5.73 Å². The van der Waals surface area contributed by atoms with Crippen LogP contribution in [0.1, 0.15) is 11.1 Å².